The van der Waals surface area contributed by atoms with Crippen molar-refractivity contribution in [1.82, 2.24) is 0 Å². The largest absolute Gasteiger partial charge is 0.462 e. The molecule has 5 heteroatoms. The molecule has 0 unspecified atom stereocenters. The zero-order valence-electron chi connectivity index (χ0n) is 15.0. The Morgan fingerprint density at radius 2 is 1.40 bits per heavy atom. The summed E-state index contributed by atoms with van der Waals surface area (Å²) in [4.78, 5) is 11.9. The van der Waals surface area contributed by atoms with E-state index in [4.69, 9.17) is 4.74 Å². The molecule has 25 heavy (non-hydrogen) atoms. The number of hydrogen-bond acceptors (Lipinski definition) is 2. The number of unbranched alkanes of at least 4 members (excludes halogenated alkanes) is 9. The van der Waals surface area contributed by atoms with Gasteiger partial charge < -0.3 is 4.74 Å². The summed E-state index contributed by atoms with van der Waals surface area (Å²) >= 11 is 0. The minimum absolute atomic E-state index is 0.168. The molecule has 0 N–H and O–H groups in total. The number of halogens is 3. The Labute approximate surface area is 148 Å². The number of esters is 1. The molecule has 0 saturated carbocycles. The fourth-order valence-electron chi connectivity index (χ4n) is 2.74. The van der Waals surface area contributed by atoms with Crippen LogP contribution in [0.15, 0.2) is 24.3 Å². The van der Waals surface area contributed by atoms with Crippen molar-refractivity contribution in [3.63, 3.8) is 0 Å². The summed E-state index contributed by atoms with van der Waals surface area (Å²) in [6.45, 7) is 2.37. The van der Waals surface area contributed by atoms with Gasteiger partial charge in [-0.2, -0.15) is 13.2 Å². The average Bonchev–Trinajstić information content (AvgIpc) is 2.58. The Balaban J connectivity index is 2.16. The van der Waals surface area contributed by atoms with E-state index in [-0.39, 0.29) is 6.61 Å². The van der Waals surface area contributed by atoms with Crippen LogP contribution in [0, 0.1) is 0 Å². The van der Waals surface area contributed by atoms with Crippen LogP contribution in [-0.4, -0.2) is 12.6 Å². The predicted octanol–water partition coefficient (Wildman–Crippen LogP) is 6.78. The normalized spacial score (nSPS) is 11.5. The summed E-state index contributed by atoms with van der Waals surface area (Å²) in [5.74, 6) is -0.899. The van der Waals surface area contributed by atoms with Crippen LogP contribution in [0.25, 0.3) is 0 Å². The van der Waals surface area contributed by atoms with Crippen LogP contribution in [0.2, 0.25) is 0 Å². The molecule has 0 atom stereocenters. The van der Waals surface area contributed by atoms with Gasteiger partial charge in [-0.3, -0.25) is 0 Å². The third kappa shape index (κ3) is 8.94. The second-order valence-corrected chi connectivity index (χ2v) is 6.36. The number of carbonyl (C=O) groups is 1. The highest BCUT2D eigenvalue weighted by atomic mass is 19.4. The molecule has 0 aliphatic rings. The fraction of sp³-hybridized carbons (Fsp3) is 0.650. The highest BCUT2D eigenvalue weighted by molar-refractivity contribution is 5.91. The van der Waals surface area contributed by atoms with E-state index in [9.17, 15) is 18.0 Å². The van der Waals surface area contributed by atoms with Gasteiger partial charge in [0.2, 0.25) is 0 Å². The van der Waals surface area contributed by atoms with Gasteiger partial charge in [0.15, 0.2) is 0 Å². The van der Waals surface area contributed by atoms with Crippen molar-refractivity contribution >= 4 is 5.97 Å². The number of carbonyl (C=O) groups excluding carboxylic acids is 1. The van der Waals surface area contributed by atoms with Crippen molar-refractivity contribution in [1.29, 1.82) is 0 Å². The minimum Gasteiger partial charge on any atom is -0.462 e. The molecule has 0 amide bonds. The molecule has 1 rings (SSSR count). The maximum Gasteiger partial charge on any atom is 0.417 e. The van der Waals surface area contributed by atoms with Crippen molar-refractivity contribution in [3.8, 4) is 0 Å². The van der Waals surface area contributed by atoms with E-state index in [0.717, 1.165) is 31.4 Å². The van der Waals surface area contributed by atoms with E-state index in [1.165, 1.54) is 50.7 Å². The smallest absolute Gasteiger partial charge is 0.417 e. The van der Waals surface area contributed by atoms with Gasteiger partial charge in [0, 0.05) is 0 Å². The first-order chi connectivity index (χ1) is 12.0. The van der Waals surface area contributed by atoms with E-state index in [0.29, 0.717) is 6.42 Å². The standard InChI is InChI=1S/C20H29F3O2/c1-2-3-4-5-6-7-8-9-10-13-16-25-19(24)17-14-11-12-15-18(17)20(21,22)23/h11-12,14-15H,2-10,13,16H2,1H3. The van der Waals surface area contributed by atoms with Gasteiger partial charge in [-0.15, -0.1) is 0 Å². The highest BCUT2D eigenvalue weighted by Gasteiger charge is 2.35. The van der Waals surface area contributed by atoms with Gasteiger partial charge in [-0.25, -0.2) is 4.79 Å². The van der Waals surface area contributed by atoms with Crippen molar-refractivity contribution in [3.05, 3.63) is 35.4 Å². The quantitative estimate of drug-likeness (QED) is 0.304. The fourth-order valence-corrected chi connectivity index (χ4v) is 2.74. The maximum atomic E-state index is 12.9. The van der Waals surface area contributed by atoms with Gasteiger partial charge in [0.1, 0.15) is 0 Å². The molecule has 142 valence electrons. The lowest BCUT2D eigenvalue weighted by Gasteiger charge is -2.12. The summed E-state index contributed by atoms with van der Waals surface area (Å²) in [5, 5.41) is 0. The van der Waals surface area contributed by atoms with Crippen LogP contribution in [0.4, 0.5) is 13.2 Å². The lowest BCUT2D eigenvalue weighted by molar-refractivity contribution is -0.138. The number of rotatable bonds is 12. The molecule has 0 aliphatic carbocycles. The molecular formula is C20H29F3O2. The topological polar surface area (TPSA) is 26.3 Å². The predicted molar refractivity (Wildman–Crippen MR) is 93.6 cm³/mol. The molecule has 2 nitrogen and oxygen atoms in total. The van der Waals surface area contributed by atoms with Crippen LogP contribution in [0.3, 0.4) is 0 Å². The number of benzene rings is 1. The average molecular weight is 358 g/mol. The summed E-state index contributed by atoms with van der Waals surface area (Å²) in [6.07, 6.45) is 6.98. The van der Waals surface area contributed by atoms with Crippen molar-refractivity contribution in [2.75, 3.05) is 6.61 Å². The zero-order chi connectivity index (χ0) is 18.5. The first-order valence-corrected chi connectivity index (χ1v) is 9.30. The van der Waals surface area contributed by atoms with E-state index in [2.05, 4.69) is 6.92 Å². The van der Waals surface area contributed by atoms with E-state index in [1.54, 1.807) is 0 Å². The Kier molecular flexibility index (Phi) is 10.3. The molecule has 1 aromatic carbocycles. The van der Waals surface area contributed by atoms with Crippen LogP contribution in [0.5, 0.6) is 0 Å². The molecule has 0 fully saturated rings. The molecule has 0 bridgehead atoms. The first-order valence-electron chi connectivity index (χ1n) is 9.30. The summed E-state index contributed by atoms with van der Waals surface area (Å²) in [6, 6.07) is 4.73. The molecular weight excluding hydrogens is 329 g/mol. The van der Waals surface area contributed by atoms with Crippen LogP contribution in [-0.2, 0) is 10.9 Å². The SMILES string of the molecule is CCCCCCCCCCCCOC(=O)c1ccccc1C(F)(F)F. The number of ether oxygens (including phenoxy) is 1. The molecule has 0 saturated heterocycles. The monoisotopic (exact) mass is 358 g/mol. The van der Waals surface area contributed by atoms with E-state index >= 15 is 0 Å². The lowest BCUT2D eigenvalue weighted by Crippen LogP contribution is -2.15. The van der Waals surface area contributed by atoms with Gasteiger partial charge in [-0.1, -0.05) is 76.8 Å². The summed E-state index contributed by atoms with van der Waals surface area (Å²) in [7, 11) is 0. The van der Waals surface area contributed by atoms with Crippen LogP contribution in [0.1, 0.15) is 87.1 Å². The summed E-state index contributed by atoms with van der Waals surface area (Å²) < 4.78 is 43.6. The van der Waals surface area contributed by atoms with Crippen molar-refractivity contribution in [2.45, 2.75) is 77.3 Å². The second-order valence-electron chi connectivity index (χ2n) is 6.36. The van der Waals surface area contributed by atoms with Gasteiger partial charge in [0.05, 0.1) is 17.7 Å². The van der Waals surface area contributed by atoms with E-state index < -0.39 is 23.3 Å². The summed E-state index contributed by atoms with van der Waals surface area (Å²) in [5.41, 5.74) is -1.36. The molecule has 0 aliphatic heterocycles. The Hall–Kier alpha value is -1.52. The minimum atomic E-state index is -4.55. The van der Waals surface area contributed by atoms with Gasteiger partial charge in [0.25, 0.3) is 0 Å². The second kappa shape index (κ2) is 11.9. The van der Waals surface area contributed by atoms with Crippen LogP contribution < -0.4 is 0 Å². The third-order valence-electron chi connectivity index (χ3n) is 4.18. The molecule has 0 spiro atoms. The molecule has 0 heterocycles. The van der Waals surface area contributed by atoms with Crippen molar-refractivity contribution in [2.24, 2.45) is 0 Å². The van der Waals surface area contributed by atoms with Gasteiger partial charge >= 0.3 is 12.1 Å². The maximum absolute atomic E-state index is 12.9. The highest BCUT2D eigenvalue weighted by Crippen LogP contribution is 2.32. The van der Waals surface area contributed by atoms with Gasteiger partial charge in [-0.05, 0) is 18.6 Å². The van der Waals surface area contributed by atoms with E-state index in [1.807, 2.05) is 0 Å². The molecule has 0 aromatic heterocycles. The van der Waals surface area contributed by atoms with Crippen LogP contribution >= 0.6 is 0 Å². The first kappa shape index (κ1) is 21.5. The molecule has 0 radical (unpaired) electrons. The Morgan fingerprint density at radius 3 is 1.96 bits per heavy atom. The third-order valence-corrected chi connectivity index (χ3v) is 4.18. The van der Waals surface area contributed by atoms with Crippen molar-refractivity contribution < 1.29 is 22.7 Å². The Morgan fingerprint density at radius 1 is 0.880 bits per heavy atom. The zero-order valence-corrected chi connectivity index (χ0v) is 15.0. The number of alkyl halides is 3. The molecule has 1 aromatic rings. The Bertz CT molecular complexity index is 498. The number of hydrogen-bond donors (Lipinski definition) is 0. The lowest BCUT2D eigenvalue weighted by atomic mass is 10.1.